The largest absolute Gasteiger partial charge is 0.460 e. The highest BCUT2D eigenvalue weighted by molar-refractivity contribution is 6.04. The van der Waals surface area contributed by atoms with Crippen molar-refractivity contribution in [2.45, 2.75) is 74.8 Å². The molecule has 1 aromatic carbocycles. The van der Waals surface area contributed by atoms with E-state index in [-0.39, 0.29) is 12.3 Å². The lowest BCUT2D eigenvalue weighted by molar-refractivity contribution is -0.440. The monoisotopic (exact) mass is 591 g/mol. The second-order valence-corrected chi connectivity index (χ2v) is 9.37. The van der Waals surface area contributed by atoms with Crippen molar-refractivity contribution in [1.29, 1.82) is 0 Å². The molecule has 2 amide bonds. The van der Waals surface area contributed by atoms with Crippen molar-refractivity contribution in [1.82, 2.24) is 4.90 Å². The SMILES string of the molecule is CC(CC1C(=O)N(CCCC(F)(F)C(F)(F)C(F)(F)C(F)(F)C(F)(F)C(F)(F)F)C(=O)C1C)c1ccccc1. The first kappa shape index (κ1) is 32.7. The number of hydrogen-bond donors (Lipinski definition) is 0. The highest BCUT2D eigenvalue weighted by Gasteiger charge is 2.90. The fraction of sp³-hybridized carbons (Fsp3) is 0.652. The molecule has 16 heteroatoms. The van der Waals surface area contributed by atoms with Gasteiger partial charge in [-0.05, 0) is 24.3 Å². The van der Waals surface area contributed by atoms with E-state index in [1.165, 1.54) is 6.92 Å². The van der Waals surface area contributed by atoms with E-state index in [0.717, 1.165) is 5.56 Å². The Balaban J connectivity index is 2.15. The standard InChI is InChI=1S/C23H22F13NO2/c1-12(14-7-4-3-5-8-14)11-15-13(2)16(38)37(17(15)39)10-6-9-18(24,25)19(26,27)20(28,29)21(30,31)22(32,33)23(34,35)36/h3-5,7-8,12-13,15H,6,9-11H2,1-2H3. The van der Waals surface area contributed by atoms with Gasteiger partial charge in [-0.25, -0.2) is 0 Å². The third-order valence-corrected chi connectivity index (χ3v) is 6.69. The predicted molar refractivity (Wildman–Crippen MR) is 109 cm³/mol. The third-order valence-electron chi connectivity index (χ3n) is 6.69. The number of halogens is 13. The van der Waals surface area contributed by atoms with Crippen molar-refractivity contribution in [3.63, 3.8) is 0 Å². The molecule has 1 aliphatic heterocycles. The van der Waals surface area contributed by atoms with E-state index in [0.29, 0.717) is 4.90 Å². The molecule has 0 bridgehead atoms. The summed E-state index contributed by atoms with van der Waals surface area (Å²) >= 11 is 0. The van der Waals surface area contributed by atoms with Crippen LogP contribution >= 0.6 is 0 Å². The summed E-state index contributed by atoms with van der Waals surface area (Å²) in [5.41, 5.74) is 0.791. The molecule has 1 aliphatic rings. The lowest BCUT2D eigenvalue weighted by Crippen LogP contribution is -2.70. The van der Waals surface area contributed by atoms with Gasteiger partial charge in [0.25, 0.3) is 0 Å². The van der Waals surface area contributed by atoms with Gasteiger partial charge in [0, 0.05) is 18.9 Å². The average Bonchev–Trinajstić information content (AvgIpc) is 3.01. The summed E-state index contributed by atoms with van der Waals surface area (Å²) in [6.07, 6.45) is -11.2. The number of benzene rings is 1. The molecule has 1 heterocycles. The van der Waals surface area contributed by atoms with Crippen LogP contribution in [-0.2, 0) is 9.59 Å². The van der Waals surface area contributed by atoms with E-state index in [9.17, 15) is 66.7 Å². The Labute approximate surface area is 213 Å². The van der Waals surface area contributed by atoms with E-state index < -0.39 is 78.8 Å². The van der Waals surface area contributed by atoms with Crippen molar-refractivity contribution in [3.05, 3.63) is 35.9 Å². The number of alkyl halides is 13. The van der Waals surface area contributed by atoms with Crippen LogP contribution in [0.5, 0.6) is 0 Å². The zero-order valence-electron chi connectivity index (χ0n) is 20.1. The van der Waals surface area contributed by atoms with Gasteiger partial charge in [0.2, 0.25) is 11.8 Å². The van der Waals surface area contributed by atoms with Crippen LogP contribution in [0.1, 0.15) is 44.6 Å². The molecule has 0 saturated carbocycles. The Hall–Kier alpha value is -2.55. The Morgan fingerprint density at radius 2 is 1.23 bits per heavy atom. The molecule has 3 atom stereocenters. The fourth-order valence-electron chi connectivity index (χ4n) is 4.18. The molecule has 0 aliphatic carbocycles. The number of imide groups is 1. The molecule has 2 rings (SSSR count). The zero-order valence-corrected chi connectivity index (χ0v) is 20.1. The molecule has 1 saturated heterocycles. The van der Waals surface area contributed by atoms with Crippen LogP contribution in [0.3, 0.4) is 0 Å². The smallest absolute Gasteiger partial charge is 0.282 e. The van der Waals surface area contributed by atoms with Gasteiger partial charge < -0.3 is 0 Å². The number of likely N-dealkylation sites (tertiary alicyclic amines) is 1. The van der Waals surface area contributed by atoms with Crippen LogP contribution in [0.25, 0.3) is 0 Å². The Bertz CT molecular complexity index is 1040. The third kappa shape index (κ3) is 5.43. The predicted octanol–water partition coefficient (Wildman–Crippen LogP) is 7.32. The van der Waals surface area contributed by atoms with Crippen molar-refractivity contribution in [2.75, 3.05) is 6.54 Å². The summed E-state index contributed by atoms with van der Waals surface area (Å²) in [5.74, 6) is -41.3. The van der Waals surface area contributed by atoms with Crippen molar-refractivity contribution in [2.24, 2.45) is 11.8 Å². The normalized spacial score (nSPS) is 21.1. The number of nitrogens with zero attached hydrogens (tertiary/aromatic N) is 1. The molecule has 3 nitrogen and oxygen atoms in total. The minimum Gasteiger partial charge on any atom is -0.282 e. The molecule has 39 heavy (non-hydrogen) atoms. The highest BCUT2D eigenvalue weighted by Crippen LogP contribution is 2.60. The lowest BCUT2D eigenvalue weighted by Gasteiger charge is -2.39. The molecule has 0 N–H and O–H groups in total. The van der Waals surface area contributed by atoms with E-state index in [1.807, 2.05) is 0 Å². The second-order valence-electron chi connectivity index (χ2n) is 9.37. The average molecular weight is 591 g/mol. The molecule has 0 spiro atoms. The minimum absolute atomic E-state index is 0.106. The Kier molecular flexibility index (Phi) is 8.75. The Morgan fingerprint density at radius 1 is 0.744 bits per heavy atom. The summed E-state index contributed by atoms with van der Waals surface area (Å²) in [6, 6.07) is 8.62. The van der Waals surface area contributed by atoms with Crippen molar-refractivity contribution in [3.8, 4) is 0 Å². The van der Waals surface area contributed by atoms with Gasteiger partial charge in [-0.15, -0.1) is 0 Å². The molecule has 3 unspecified atom stereocenters. The van der Waals surface area contributed by atoms with E-state index in [1.54, 1.807) is 37.3 Å². The summed E-state index contributed by atoms with van der Waals surface area (Å²) in [5, 5.41) is 0. The highest BCUT2D eigenvalue weighted by atomic mass is 19.4. The number of rotatable bonds is 11. The van der Waals surface area contributed by atoms with E-state index >= 15 is 0 Å². The number of hydrogen-bond acceptors (Lipinski definition) is 2. The van der Waals surface area contributed by atoms with Crippen molar-refractivity contribution < 1.29 is 66.7 Å². The zero-order chi connectivity index (χ0) is 30.4. The van der Waals surface area contributed by atoms with Gasteiger partial charge in [-0.1, -0.05) is 44.2 Å². The first-order valence-electron chi connectivity index (χ1n) is 11.3. The van der Waals surface area contributed by atoms with Crippen LogP contribution in [0.4, 0.5) is 57.1 Å². The topological polar surface area (TPSA) is 37.4 Å². The molecular weight excluding hydrogens is 569 g/mol. The second kappa shape index (κ2) is 10.5. The molecule has 0 radical (unpaired) electrons. The number of amides is 2. The maximum Gasteiger partial charge on any atom is 0.460 e. The van der Waals surface area contributed by atoms with Crippen LogP contribution in [0.15, 0.2) is 30.3 Å². The van der Waals surface area contributed by atoms with Crippen LogP contribution in [-0.4, -0.2) is 59.0 Å². The van der Waals surface area contributed by atoms with Crippen LogP contribution in [0, 0.1) is 11.8 Å². The number of carbonyl (C=O) groups is 2. The maximum atomic E-state index is 14.0. The van der Waals surface area contributed by atoms with Gasteiger partial charge in [-0.2, -0.15) is 57.1 Å². The van der Waals surface area contributed by atoms with Gasteiger partial charge in [-0.3, -0.25) is 14.5 Å². The quantitative estimate of drug-likeness (QED) is 0.200. The lowest BCUT2D eigenvalue weighted by atomic mass is 9.85. The Morgan fingerprint density at radius 3 is 1.72 bits per heavy atom. The van der Waals surface area contributed by atoms with Crippen LogP contribution in [0.2, 0.25) is 0 Å². The number of carbonyl (C=O) groups excluding carboxylic acids is 2. The first-order chi connectivity index (χ1) is 17.5. The maximum absolute atomic E-state index is 14.0. The summed E-state index contributed by atoms with van der Waals surface area (Å²) in [6.45, 7) is 2.00. The van der Waals surface area contributed by atoms with E-state index in [4.69, 9.17) is 0 Å². The van der Waals surface area contributed by atoms with Crippen LogP contribution < -0.4 is 0 Å². The fourth-order valence-corrected chi connectivity index (χ4v) is 4.18. The molecular formula is C23H22F13NO2. The molecule has 1 aromatic rings. The molecule has 222 valence electrons. The summed E-state index contributed by atoms with van der Waals surface area (Å²) in [4.78, 5) is 25.5. The first-order valence-corrected chi connectivity index (χ1v) is 11.3. The molecule has 0 aromatic heterocycles. The van der Waals surface area contributed by atoms with Gasteiger partial charge in [0.05, 0.1) is 5.92 Å². The van der Waals surface area contributed by atoms with Gasteiger partial charge >= 0.3 is 35.8 Å². The minimum atomic E-state index is -7.97. The van der Waals surface area contributed by atoms with E-state index in [2.05, 4.69) is 0 Å². The summed E-state index contributed by atoms with van der Waals surface area (Å²) in [7, 11) is 0. The van der Waals surface area contributed by atoms with Crippen molar-refractivity contribution >= 4 is 11.8 Å². The van der Waals surface area contributed by atoms with Gasteiger partial charge in [0.15, 0.2) is 0 Å². The molecule has 1 fully saturated rings. The van der Waals surface area contributed by atoms with Gasteiger partial charge in [0.1, 0.15) is 0 Å². The summed E-state index contributed by atoms with van der Waals surface area (Å²) < 4.78 is 172.